The molecule has 0 saturated carbocycles. The Kier molecular flexibility index (Phi) is 4.14. The summed E-state index contributed by atoms with van der Waals surface area (Å²) in [5.74, 6) is -0.650. The molecule has 0 atom stereocenters. The minimum atomic E-state index is -0.762. The van der Waals surface area contributed by atoms with Crippen LogP contribution >= 0.6 is 0 Å². The second-order valence-corrected chi connectivity index (χ2v) is 1.90. The minimum absolute atomic E-state index is 0. The Bertz CT molecular complexity index is 423. The summed E-state index contributed by atoms with van der Waals surface area (Å²) in [6, 6.07) is 0. The van der Waals surface area contributed by atoms with E-state index in [4.69, 9.17) is 0 Å². The summed E-state index contributed by atoms with van der Waals surface area (Å²) in [5.41, 5.74) is -0.185. The molecule has 0 amide bonds. The summed E-state index contributed by atoms with van der Waals surface area (Å²) in [4.78, 5) is 9.56. The first-order valence-electron chi connectivity index (χ1n) is 2.95. The van der Waals surface area contributed by atoms with Crippen LogP contribution in [-0.2, 0) is 0 Å². The molecule has 14 heavy (non-hydrogen) atoms. The number of nitrogens with zero attached hydrogens (tertiary/aromatic N) is 7. The van der Waals surface area contributed by atoms with Crippen molar-refractivity contribution in [1.29, 1.82) is 0 Å². The number of tetrazole rings is 1. The third-order valence-electron chi connectivity index (χ3n) is 1.17. The van der Waals surface area contributed by atoms with Crippen LogP contribution in [0.3, 0.4) is 0 Å². The van der Waals surface area contributed by atoms with Crippen LogP contribution in [0.15, 0.2) is 4.63 Å². The van der Waals surface area contributed by atoms with E-state index in [1.807, 2.05) is 0 Å². The van der Waals surface area contributed by atoms with Crippen LogP contribution in [0.2, 0.25) is 0 Å². The second kappa shape index (κ2) is 4.94. The maximum Gasteiger partial charge on any atom is 1.00 e. The van der Waals surface area contributed by atoms with Gasteiger partial charge in [-0.05, 0) is 10.1 Å². The first kappa shape index (κ1) is 11.7. The van der Waals surface area contributed by atoms with Crippen molar-refractivity contribution in [3.05, 3.63) is 10.1 Å². The van der Waals surface area contributed by atoms with Crippen molar-refractivity contribution in [3.8, 4) is 11.5 Å². The molecular weight excluding hydrogens is 315 g/mol. The fourth-order valence-electron chi connectivity index (χ4n) is 0.684. The van der Waals surface area contributed by atoms with Gasteiger partial charge in [-0.15, -0.1) is 4.63 Å². The van der Waals surface area contributed by atoms with Gasteiger partial charge in [0.2, 0.25) is 5.69 Å². The van der Waals surface area contributed by atoms with Crippen molar-refractivity contribution >= 4 is 5.82 Å². The molecule has 2 rings (SSSR count). The molecule has 2 aromatic rings. The number of nitro groups is 1. The molecule has 11 heteroatoms. The molecule has 0 bridgehead atoms. The quantitative estimate of drug-likeness (QED) is 0.399. The van der Waals surface area contributed by atoms with Gasteiger partial charge < -0.3 is 15.2 Å². The molecule has 0 fully saturated rings. The fourth-order valence-corrected chi connectivity index (χ4v) is 0.684. The molecule has 0 spiro atoms. The zero-order valence-corrected chi connectivity index (χ0v) is 13.1. The van der Waals surface area contributed by atoms with Crippen LogP contribution in [0.25, 0.3) is 11.5 Å². The standard InChI is InChI=1S/C3N7O3.Cs/c11-10(12)3-1(6-13-7-3)2-4-8-9-5-2;/q-1;+1. The SMILES string of the molecule is O=[N+]([O-])c1nonc1-c1nnn[n-]1.[Cs+]. The van der Waals surface area contributed by atoms with Gasteiger partial charge in [-0.25, -0.2) is 0 Å². The molecule has 0 aliphatic rings. The molecule has 2 heterocycles. The van der Waals surface area contributed by atoms with E-state index >= 15 is 0 Å². The summed E-state index contributed by atoms with van der Waals surface area (Å²) in [6.07, 6.45) is 0. The average molecular weight is 315 g/mol. The van der Waals surface area contributed by atoms with Crippen molar-refractivity contribution < 1.29 is 78.4 Å². The molecule has 0 saturated heterocycles. The third-order valence-corrected chi connectivity index (χ3v) is 1.17. The van der Waals surface area contributed by atoms with Gasteiger partial charge >= 0.3 is 74.7 Å². The summed E-state index contributed by atoms with van der Waals surface area (Å²) >= 11 is 0. The van der Waals surface area contributed by atoms with E-state index in [9.17, 15) is 10.1 Å². The Hall–Kier alpha value is -0.338. The van der Waals surface area contributed by atoms with Crippen LogP contribution in [0.4, 0.5) is 5.82 Å². The number of hydrogen-bond donors (Lipinski definition) is 0. The van der Waals surface area contributed by atoms with Gasteiger partial charge in [0.05, 0.1) is 5.82 Å². The Morgan fingerprint density at radius 1 is 1.43 bits per heavy atom. The van der Waals surface area contributed by atoms with Crippen LogP contribution < -0.4 is 74.0 Å². The Morgan fingerprint density at radius 3 is 2.79 bits per heavy atom. The Morgan fingerprint density at radius 2 is 2.21 bits per heavy atom. The van der Waals surface area contributed by atoms with Crippen molar-refractivity contribution in [2.45, 2.75) is 0 Å². The first-order chi connectivity index (χ1) is 6.29. The van der Waals surface area contributed by atoms with Crippen LogP contribution in [-0.4, -0.2) is 30.8 Å². The van der Waals surface area contributed by atoms with E-state index in [0.717, 1.165) is 0 Å². The fraction of sp³-hybridized carbons (Fsp3) is 0. The van der Waals surface area contributed by atoms with Gasteiger partial charge in [-0.1, -0.05) is 0 Å². The van der Waals surface area contributed by atoms with Crippen molar-refractivity contribution in [2.75, 3.05) is 0 Å². The number of rotatable bonds is 2. The minimum Gasteiger partial charge on any atom is -0.358 e. The van der Waals surface area contributed by atoms with Crippen molar-refractivity contribution in [2.24, 2.45) is 0 Å². The second-order valence-electron chi connectivity index (χ2n) is 1.90. The predicted molar refractivity (Wildman–Crippen MR) is 33.1 cm³/mol. The zero-order chi connectivity index (χ0) is 9.26. The molecule has 66 valence electrons. The van der Waals surface area contributed by atoms with E-state index in [0.29, 0.717) is 0 Å². The molecule has 0 aliphatic heterocycles. The monoisotopic (exact) mass is 315 g/mol. The van der Waals surface area contributed by atoms with Gasteiger partial charge in [-0.3, -0.25) is 10.3 Å². The molecule has 10 nitrogen and oxygen atoms in total. The van der Waals surface area contributed by atoms with Crippen LogP contribution in [0.1, 0.15) is 0 Å². The summed E-state index contributed by atoms with van der Waals surface area (Å²) in [5, 5.41) is 29.6. The molecule has 0 radical (unpaired) electrons. The normalized spacial score (nSPS) is 9.43. The molecule has 0 aliphatic carbocycles. The maximum atomic E-state index is 10.3. The zero-order valence-electron chi connectivity index (χ0n) is 6.86. The Balaban J connectivity index is 0.000000980. The molecule has 0 aromatic carbocycles. The van der Waals surface area contributed by atoms with Gasteiger partial charge in [0.25, 0.3) is 0 Å². The Labute approximate surface area is 134 Å². The van der Waals surface area contributed by atoms with E-state index in [2.05, 4.69) is 35.6 Å². The van der Waals surface area contributed by atoms with E-state index < -0.39 is 10.7 Å². The topological polar surface area (TPSA) is 135 Å². The summed E-state index contributed by atoms with van der Waals surface area (Å²) in [7, 11) is 0. The summed E-state index contributed by atoms with van der Waals surface area (Å²) in [6.45, 7) is 0. The third kappa shape index (κ3) is 2.18. The predicted octanol–water partition coefficient (Wildman–Crippen LogP) is -4.21. The largest absolute Gasteiger partial charge is 1.00 e. The smallest absolute Gasteiger partial charge is 0.358 e. The van der Waals surface area contributed by atoms with Crippen molar-refractivity contribution in [1.82, 2.24) is 30.9 Å². The average Bonchev–Trinajstić information content (AvgIpc) is 2.74. The first-order valence-corrected chi connectivity index (χ1v) is 2.95. The maximum absolute atomic E-state index is 10.3. The molecular formula is C3CsN7O3. The van der Waals surface area contributed by atoms with Gasteiger partial charge in [0.1, 0.15) is 0 Å². The molecule has 2 aromatic heterocycles. The van der Waals surface area contributed by atoms with Crippen molar-refractivity contribution in [3.63, 3.8) is 0 Å². The van der Waals surface area contributed by atoms with E-state index in [-0.39, 0.29) is 80.4 Å². The van der Waals surface area contributed by atoms with Gasteiger partial charge in [0, 0.05) is 0 Å². The van der Waals surface area contributed by atoms with Gasteiger partial charge in [0.15, 0.2) is 5.16 Å². The number of aromatic nitrogens is 6. The van der Waals surface area contributed by atoms with Crippen LogP contribution in [0.5, 0.6) is 0 Å². The van der Waals surface area contributed by atoms with E-state index in [1.54, 1.807) is 0 Å². The number of hydrogen-bond acceptors (Lipinski definition) is 8. The van der Waals surface area contributed by atoms with E-state index in [1.165, 1.54) is 0 Å². The van der Waals surface area contributed by atoms with Crippen LogP contribution in [0, 0.1) is 10.1 Å². The van der Waals surface area contributed by atoms with Gasteiger partial charge in [-0.2, -0.15) is 5.21 Å². The summed E-state index contributed by atoms with van der Waals surface area (Å²) < 4.78 is 4.15. The molecule has 0 unspecified atom stereocenters. The molecule has 0 N–H and O–H groups in total.